The molecule has 1 N–H and O–H groups in total. The van der Waals surface area contributed by atoms with E-state index in [0.29, 0.717) is 5.69 Å². The molecule has 1 heterocycles. The molecule has 0 saturated carbocycles. The highest BCUT2D eigenvalue weighted by Gasteiger charge is 2.20. The van der Waals surface area contributed by atoms with Gasteiger partial charge in [-0.05, 0) is 25.3 Å². The summed E-state index contributed by atoms with van der Waals surface area (Å²) in [5.74, 6) is -0.0284. The number of aromatic nitrogens is 1. The van der Waals surface area contributed by atoms with Crippen molar-refractivity contribution in [3.05, 3.63) is 42.2 Å². The van der Waals surface area contributed by atoms with Gasteiger partial charge in [-0.3, -0.25) is 4.79 Å². The monoisotopic (exact) mass is 229 g/mol. The zero-order valence-electron chi connectivity index (χ0n) is 10.4. The fourth-order valence-electron chi connectivity index (χ4n) is 1.93. The number of carbonyl (C=O) groups is 1. The van der Waals surface area contributed by atoms with E-state index in [2.05, 4.69) is 5.32 Å². The molecule has 0 spiro atoms. The van der Waals surface area contributed by atoms with Crippen LogP contribution >= 0.6 is 0 Å². The number of rotatable bonds is 2. The maximum atomic E-state index is 12.2. The summed E-state index contributed by atoms with van der Waals surface area (Å²) in [4.78, 5) is 12.2. The Hall–Kier alpha value is -1.90. The zero-order chi connectivity index (χ0) is 12.4. The summed E-state index contributed by atoms with van der Waals surface area (Å²) < 4.78 is 1.86. The van der Waals surface area contributed by atoms with Crippen LogP contribution in [0.25, 0.3) is 10.8 Å². The van der Waals surface area contributed by atoms with Gasteiger partial charge >= 0.3 is 5.91 Å². The lowest BCUT2D eigenvalue weighted by molar-refractivity contribution is -0.672. The minimum Gasteiger partial charge on any atom is -0.345 e. The Kier molecular flexibility index (Phi) is 3.09. The van der Waals surface area contributed by atoms with Crippen molar-refractivity contribution in [1.82, 2.24) is 5.32 Å². The van der Waals surface area contributed by atoms with E-state index in [4.69, 9.17) is 0 Å². The summed E-state index contributed by atoms with van der Waals surface area (Å²) in [6.07, 6.45) is 1.91. The lowest BCUT2D eigenvalue weighted by Gasteiger charge is -2.08. The molecular formula is C14H17N2O+. The fraction of sp³-hybridized carbons (Fsp3) is 0.286. The van der Waals surface area contributed by atoms with Gasteiger partial charge in [0, 0.05) is 12.1 Å². The molecule has 17 heavy (non-hydrogen) atoms. The van der Waals surface area contributed by atoms with Crippen LogP contribution in [-0.4, -0.2) is 11.9 Å². The summed E-state index contributed by atoms with van der Waals surface area (Å²) in [6.45, 7) is 3.92. The number of benzene rings is 1. The second-order valence-corrected chi connectivity index (χ2v) is 4.49. The van der Waals surface area contributed by atoms with E-state index in [0.717, 1.165) is 10.8 Å². The number of aryl methyl sites for hydroxylation is 1. The van der Waals surface area contributed by atoms with Crippen LogP contribution in [0.4, 0.5) is 0 Å². The fourth-order valence-corrected chi connectivity index (χ4v) is 1.93. The Balaban J connectivity index is 2.58. The summed E-state index contributed by atoms with van der Waals surface area (Å²) in [5, 5.41) is 5.00. The van der Waals surface area contributed by atoms with Gasteiger partial charge < -0.3 is 5.32 Å². The molecule has 0 aliphatic carbocycles. The molecule has 3 nitrogen and oxygen atoms in total. The van der Waals surface area contributed by atoms with Crippen LogP contribution in [0.15, 0.2) is 36.5 Å². The summed E-state index contributed by atoms with van der Waals surface area (Å²) in [7, 11) is 1.89. The lowest BCUT2D eigenvalue weighted by Crippen LogP contribution is -2.42. The highest BCUT2D eigenvalue weighted by molar-refractivity contribution is 6.03. The standard InChI is InChI=1S/C14H16N2O/c1-10(2)15-14(17)13-12-7-5-4-6-11(12)8-9-16(13)3/h4-10H,1-3H3/p+1. The van der Waals surface area contributed by atoms with E-state index in [1.54, 1.807) is 0 Å². The summed E-state index contributed by atoms with van der Waals surface area (Å²) in [5.41, 5.74) is 0.705. The third-order valence-corrected chi connectivity index (χ3v) is 2.68. The quantitative estimate of drug-likeness (QED) is 0.783. The second-order valence-electron chi connectivity index (χ2n) is 4.49. The van der Waals surface area contributed by atoms with E-state index in [1.807, 2.05) is 62.0 Å². The molecule has 2 aromatic rings. The molecule has 0 unspecified atom stereocenters. The predicted octanol–water partition coefficient (Wildman–Crippen LogP) is 1.80. The molecule has 0 saturated heterocycles. The summed E-state index contributed by atoms with van der Waals surface area (Å²) in [6, 6.07) is 10.1. The number of pyridine rings is 1. The van der Waals surface area contributed by atoms with E-state index in [-0.39, 0.29) is 11.9 Å². The van der Waals surface area contributed by atoms with Crippen LogP contribution < -0.4 is 9.88 Å². The molecule has 0 atom stereocenters. The average Bonchev–Trinajstić information content (AvgIpc) is 2.27. The first-order valence-electron chi connectivity index (χ1n) is 5.78. The SMILES string of the molecule is CC(C)NC(=O)c1c2ccccc2cc[n+]1C. The van der Waals surface area contributed by atoms with E-state index in [9.17, 15) is 4.79 Å². The Morgan fingerprint density at radius 3 is 2.65 bits per heavy atom. The molecule has 88 valence electrons. The maximum Gasteiger partial charge on any atom is 0.316 e. The number of amides is 1. The van der Waals surface area contributed by atoms with Gasteiger partial charge in [-0.1, -0.05) is 18.2 Å². The van der Waals surface area contributed by atoms with Gasteiger partial charge in [0.15, 0.2) is 6.20 Å². The van der Waals surface area contributed by atoms with Crippen LogP contribution in [0, 0.1) is 0 Å². The van der Waals surface area contributed by atoms with Crippen molar-refractivity contribution in [2.24, 2.45) is 7.05 Å². The molecule has 0 bridgehead atoms. The van der Waals surface area contributed by atoms with Crippen LogP contribution in [0.1, 0.15) is 24.3 Å². The van der Waals surface area contributed by atoms with Crippen molar-refractivity contribution >= 4 is 16.7 Å². The number of hydrogen-bond acceptors (Lipinski definition) is 1. The Morgan fingerprint density at radius 1 is 1.24 bits per heavy atom. The van der Waals surface area contributed by atoms with Crippen molar-refractivity contribution < 1.29 is 9.36 Å². The largest absolute Gasteiger partial charge is 0.345 e. The minimum atomic E-state index is -0.0284. The third-order valence-electron chi connectivity index (χ3n) is 2.68. The van der Waals surface area contributed by atoms with Crippen LogP contribution in [0.2, 0.25) is 0 Å². The molecule has 0 aliphatic rings. The van der Waals surface area contributed by atoms with Gasteiger partial charge in [0.2, 0.25) is 0 Å². The van der Waals surface area contributed by atoms with Gasteiger partial charge in [0.1, 0.15) is 7.05 Å². The lowest BCUT2D eigenvalue weighted by atomic mass is 10.1. The van der Waals surface area contributed by atoms with Crippen molar-refractivity contribution in [2.75, 3.05) is 0 Å². The van der Waals surface area contributed by atoms with E-state index in [1.165, 1.54) is 0 Å². The number of nitrogens with one attached hydrogen (secondary N) is 1. The van der Waals surface area contributed by atoms with Crippen LogP contribution in [0.5, 0.6) is 0 Å². The normalized spacial score (nSPS) is 10.8. The van der Waals surface area contributed by atoms with Gasteiger partial charge in [0.05, 0.1) is 5.39 Å². The van der Waals surface area contributed by atoms with Gasteiger partial charge in [-0.15, -0.1) is 0 Å². The minimum absolute atomic E-state index is 0.0284. The molecule has 0 fully saturated rings. The Morgan fingerprint density at radius 2 is 1.94 bits per heavy atom. The smallest absolute Gasteiger partial charge is 0.316 e. The van der Waals surface area contributed by atoms with Crippen molar-refractivity contribution in [2.45, 2.75) is 19.9 Å². The molecule has 1 aromatic carbocycles. The zero-order valence-corrected chi connectivity index (χ0v) is 10.4. The number of nitrogens with zero attached hydrogens (tertiary/aromatic N) is 1. The molecular weight excluding hydrogens is 212 g/mol. The first kappa shape index (κ1) is 11.6. The molecule has 1 aromatic heterocycles. The second kappa shape index (κ2) is 4.53. The number of hydrogen-bond donors (Lipinski definition) is 1. The Labute approximate surface area is 101 Å². The predicted molar refractivity (Wildman–Crippen MR) is 67.7 cm³/mol. The van der Waals surface area contributed by atoms with Crippen LogP contribution in [0.3, 0.4) is 0 Å². The van der Waals surface area contributed by atoms with Gasteiger partial charge in [0.25, 0.3) is 5.69 Å². The molecule has 0 aliphatic heterocycles. The van der Waals surface area contributed by atoms with E-state index >= 15 is 0 Å². The maximum absolute atomic E-state index is 12.2. The number of fused-ring (bicyclic) bond motifs is 1. The first-order chi connectivity index (χ1) is 8.09. The molecule has 3 heteroatoms. The van der Waals surface area contributed by atoms with Gasteiger partial charge in [-0.25, -0.2) is 0 Å². The highest BCUT2D eigenvalue weighted by Crippen LogP contribution is 2.14. The highest BCUT2D eigenvalue weighted by atomic mass is 16.2. The van der Waals surface area contributed by atoms with Crippen molar-refractivity contribution in [1.29, 1.82) is 0 Å². The van der Waals surface area contributed by atoms with E-state index < -0.39 is 0 Å². The van der Waals surface area contributed by atoms with Crippen molar-refractivity contribution in [3.63, 3.8) is 0 Å². The molecule has 2 rings (SSSR count). The third kappa shape index (κ3) is 2.28. The molecule has 1 amide bonds. The van der Waals surface area contributed by atoms with Crippen molar-refractivity contribution in [3.8, 4) is 0 Å². The van der Waals surface area contributed by atoms with Gasteiger partial charge in [-0.2, -0.15) is 4.57 Å². The van der Waals surface area contributed by atoms with Crippen LogP contribution in [-0.2, 0) is 7.05 Å². The first-order valence-corrected chi connectivity index (χ1v) is 5.78. The summed E-state index contributed by atoms with van der Waals surface area (Å²) >= 11 is 0. The Bertz CT molecular complexity index is 561. The topological polar surface area (TPSA) is 33.0 Å². The molecule has 0 radical (unpaired) electrons. The average molecular weight is 229 g/mol. The number of carbonyl (C=O) groups excluding carboxylic acids is 1.